The summed E-state index contributed by atoms with van der Waals surface area (Å²) < 4.78 is 36.8. The summed E-state index contributed by atoms with van der Waals surface area (Å²) in [5, 5.41) is 3.23. The lowest BCUT2D eigenvalue weighted by Crippen LogP contribution is -2.41. The second-order valence-corrected chi connectivity index (χ2v) is 9.24. The van der Waals surface area contributed by atoms with Crippen LogP contribution in [0.3, 0.4) is 0 Å². The Balaban J connectivity index is 1.76. The number of nitrogens with zero attached hydrogens (tertiary/aromatic N) is 1. The maximum Gasteiger partial charge on any atom is 0.241 e. The van der Waals surface area contributed by atoms with Crippen molar-refractivity contribution in [3.8, 4) is 11.5 Å². The fourth-order valence-electron chi connectivity index (χ4n) is 3.06. The zero-order valence-electron chi connectivity index (χ0n) is 16.4. The van der Waals surface area contributed by atoms with Crippen molar-refractivity contribution in [2.24, 2.45) is 0 Å². The van der Waals surface area contributed by atoms with Crippen LogP contribution in [0.4, 0.5) is 5.69 Å². The maximum atomic E-state index is 12.6. The number of hydrogen-bond acceptors (Lipinski definition) is 5. The molecule has 2 aromatic rings. The van der Waals surface area contributed by atoms with Crippen LogP contribution in [-0.4, -0.2) is 40.3 Å². The van der Waals surface area contributed by atoms with E-state index in [1.54, 1.807) is 25.1 Å². The number of benzene rings is 2. The fraction of sp³-hybridized carbons (Fsp3) is 0.350. The summed E-state index contributed by atoms with van der Waals surface area (Å²) in [7, 11) is -3.69. The molecule has 0 fully saturated rings. The summed E-state index contributed by atoms with van der Waals surface area (Å²) in [5.41, 5.74) is 1.90. The molecule has 0 aromatic heterocycles. The molecule has 1 N–H and O–H groups in total. The molecule has 9 heteroatoms. The summed E-state index contributed by atoms with van der Waals surface area (Å²) in [6.07, 6.45) is 1.06. The molecule has 0 spiro atoms. The standard InChI is InChI=1S/C20H23ClN2O5S/c1-13-4-6-16(21)11-17(13)23(29(3,25)26)12-20(24)22-14(2)15-5-7-18-19(10-15)28-9-8-27-18/h4-7,10-11,14H,8-9,12H2,1-3H3,(H,22,24)/t14-/m0/s1. The van der Waals surface area contributed by atoms with Crippen molar-refractivity contribution >= 4 is 33.2 Å². The lowest BCUT2D eigenvalue weighted by molar-refractivity contribution is -0.120. The number of ether oxygens (including phenoxy) is 2. The van der Waals surface area contributed by atoms with E-state index in [0.717, 1.165) is 16.1 Å². The minimum atomic E-state index is -3.69. The zero-order valence-corrected chi connectivity index (χ0v) is 18.0. The lowest BCUT2D eigenvalue weighted by Gasteiger charge is -2.25. The molecule has 1 amide bonds. The molecule has 0 radical (unpaired) electrons. The van der Waals surface area contributed by atoms with Crippen LogP contribution in [0.15, 0.2) is 36.4 Å². The average Bonchev–Trinajstić information content (AvgIpc) is 2.67. The van der Waals surface area contributed by atoms with Crippen LogP contribution in [0.25, 0.3) is 0 Å². The number of rotatable bonds is 6. The first-order valence-corrected chi connectivity index (χ1v) is 11.3. The van der Waals surface area contributed by atoms with Gasteiger partial charge in [0.15, 0.2) is 11.5 Å². The maximum absolute atomic E-state index is 12.6. The largest absolute Gasteiger partial charge is 0.486 e. The molecule has 0 aliphatic carbocycles. The first kappa shape index (κ1) is 21.3. The summed E-state index contributed by atoms with van der Waals surface area (Å²) in [5.74, 6) is 0.859. The van der Waals surface area contributed by atoms with Gasteiger partial charge >= 0.3 is 0 Å². The molecule has 1 atom stereocenters. The van der Waals surface area contributed by atoms with Gasteiger partial charge in [-0.05, 0) is 49.2 Å². The minimum Gasteiger partial charge on any atom is -0.486 e. The van der Waals surface area contributed by atoms with Crippen molar-refractivity contribution in [2.75, 3.05) is 30.3 Å². The van der Waals surface area contributed by atoms with Crippen molar-refractivity contribution < 1.29 is 22.7 Å². The van der Waals surface area contributed by atoms with Crippen LogP contribution in [-0.2, 0) is 14.8 Å². The molecular weight excluding hydrogens is 416 g/mol. The van der Waals surface area contributed by atoms with E-state index in [0.29, 0.717) is 41.0 Å². The van der Waals surface area contributed by atoms with Crippen molar-refractivity contribution in [3.05, 3.63) is 52.5 Å². The topological polar surface area (TPSA) is 84.9 Å². The molecule has 0 bridgehead atoms. The molecule has 29 heavy (non-hydrogen) atoms. The Hall–Kier alpha value is -2.45. The van der Waals surface area contributed by atoms with Gasteiger partial charge in [0.2, 0.25) is 15.9 Å². The van der Waals surface area contributed by atoms with Crippen LogP contribution >= 0.6 is 11.6 Å². The average molecular weight is 439 g/mol. The molecule has 156 valence electrons. The molecule has 1 heterocycles. The second kappa shape index (κ2) is 8.51. The Labute approximate surface area is 175 Å². The number of carbonyl (C=O) groups excluding carboxylic acids is 1. The van der Waals surface area contributed by atoms with Gasteiger partial charge in [0.25, 0.3) is 0 Å². The third kappa shape index (κ3) is 5.13. The summed E-state index contributed by atoms with van der Waals surface area (Å²) >= 11 is 6.03. The molecule has 3 rings (SSSR count). The predicted molar refractivity (Wildman–Crippen MR) is 112 cm³/mol. The van der Waals surface area contributed by atoms with E-state index in [4.69, 9.17) is 21.1 Å². The molecule has 0 saturated carbocycles. The first-order chi connectivity index (χ1) is 13.6. The lowest BCUT2D eigenvalue weighted by atomic mass is 10.1. The van der Waals surface area contributed by atoms with Gasteiger partial charge < -0.3 is 14.8 Å². The number of aryl methyl sites for hydroxylation is 1. The van der Waals surface area contributed by atoms with Gasteiger partial charge in [-0.2, -0.15) is 0 Å². The van der Waals surface area contributed by atoms with Crippen molar-refractivity contribution in [2.45, 2.75) is 19.9 Å². The van der Waals surface area contributed by atoms with Crippen molar-refractivity contribution in [1.82, 2.24) is 5.32 Å². The number of fused-ring (bicyclic) bond motifs is 1. The van der Waals surface area contributed by atoms with Crippen molar-refractivity contribution in [3.63, 3.8) is 0 Å². The van der Waals surface area contributed by atoms with Gasteiger partial charge in [0.05, 0.1) is 18.0 Å². The van der Waals surface area contributed by atoms with Crippen LogP contribution < -0.4 is 19.1 Å². The number of amides is 1. The molecule has 1 aliphatic rings. The van der Waals surface area contributed by atoms with E-state index in [2.05, 4.69) is 5.32 Å². The highest BCUT2D eigenvalue weighted by molar-refractivity contribution is 7.92. The number of hydrogen-bond donors (Lipinski definition) is 1. The van der Waals surface area contributed by atoms with Gasteiger partial charge in [-0.1, -0.05) is 23.7 Å². The minimum absolute atomic E-state index is 0.347. The van der Waals surface area contributed by atoms with Gasteiger partial charge in [0, 0.05) is 5.02 Å². The monoisotopic (exact) mass is 438 g/mol. The number of sulfonamides is 1. The normalized spacial score (nSPS) is 14.2. The fourth-order valence-corrected chi connectivity index (χ4v) is 4.13. The van der Waals surface area contributed by atoms with Gasteiger partial charge in [-0.15, -0.1) is 0 Å². The third-order valence-electron chi connectivity index (χ3n) is 4.57. The van der Waals surface area contributed by atoms with E-state index in [1.165, 1.54) is 6.07 Å². The van der Waals surface area contributed by atoms with Crippen LogP contribution in [0.5, 0.6) is 11.5 Å². The summed E-state index contributed by atoms with van der Waals surface area (Å²) in [6, 6.07) is 10.0. The molecule has 2 aromatic carbocycles. The van der Waals surface area contributed by atoms with E-state index < -0.39 is 15.9 Å². The molecule has 7 nitrogen and oxygen atoms in total. The Morgan fingerprint density at radius 1 is 1.17 bits per heavy atom. The smallest absolute Gasteiger partial charge is 0.241 e. The molecule has 0 saturated heterocycles. The van der Waals surface area contributed by atoms with E-state index in [9.17, 15) is 13.2 Å². The second-order valence-electron chi connectivity index (χ2n) is 6.89. The van der Waals surface area contributed by atoms with Crippen molar-refractivity contribution in [1.29, 1.82) is 0 Å². The number of anilines is 1. The first-order valence-electron chi connectivity index (χ1n) is 9.08. The van der Waals surface area contributed by atoms with E-state index in [-0.39, 0.29) is 12.6 Å². The van der Waals surface area contributed by atoms with Crippen LogP contribution in [0.2, 0.25) is 5.02 Å². The molecule has 1 aliphatic heterocycles. The zero-order chi connectivity index (χ0) is 21.2. The Morgan fingerprint density at radius 2 is 1.86 bits per heavy atom. The summed E-state index contributed by atoms with van der Waals surface area (Å²) in [6.45, 7) is 4.20. The SMILES string of the molecule is Cc1ccc(Cl)cc1N(CC(=O)N[C@@H](C)c1ccc2c(c1)OCCO2)S(C)(=O)=O. The van der Waals surface area contributed by atoms with Gasteiger partial charge in [-0.25, -0.2) is 8.42 Å². The Morgan fingerprint density at radius 3 is 2.55 bits per heavy atom. The van der Waals surface area contributed by atoms with Crippen LogP contribution in [0.1, 0.15) is 24.1 Å². The van der Waals surface area contributed by atoms with Gasteiger partial charge in [-0.3, -0.25) is 9.10 Å². The predicted octanol–water partition coefficient (Wildman–Crippen LogP) is 3.06. The molecule has 0 unspecified atom stereocenters. The van der Waals surface area contributed by atoms with E-state index >= 15 is 0 Å². The number of nitrogens with one attached hydrogen (secondary N) is 1. The highest BCUT2D eigenvalue weighted by Crippen LogP contribution is 2.32. The third-order valence-corrected chi connectivity index (χ3v) is 5.93. The number of halogens is 1. The molecular formula is C20H23ClN2O5S. The van der Waals surface area contributed by atoms with E-state index in [1.807, 2.05) is 19.1 Å². The highest BCUT2D eigenvalue weighted by atomic mass is 35.5. The van der Waals surface area contributed by atoms with Gasteiger partial charge in [0.1, 0.15) is 19.8 Å². The Bertz CT molecular complexity index is 1030. The number of carbonyl (C=O) groups is 1. The Kier molecular flexibility index (Phi) is 6.24. The van der Waals surface area contributed by atoms with Crippen LogP contribution in [0, 0.1) is 6.92 Å². The highest BCUT2D eigenvalue weighted by Gasteiger charge is 2.24. The summed E-state index contributed by atoms with van der Waals surface area (Å²) in [4.78, 5) is 12.6. The quantitative estimate of drug-likeness (QED) is 0.749.